The highest BCUT2D eigenvalue weighted by Gasteiger charge is 2.32. The Bertz CT molecular complexity index is 1110. The van der Waals surface area contributed by atoms with Gasteiger partial charge in [-0.2, -0.15) is 0 Å². The third kappa shape index (κ3) is 4.24. The van der Waals surface area contributed by atoms with Crippen LogP contribution in [-0.2, 0) is 16.0 Å². The Kier molecular flexibility index (Phi) is 5.54. The number of nitrogens with one attached hydrogen (secondary N) is 1. The van der Waals surface area contributed by atoms with Crippen LogP contribution < -0.4 is 10.2 Å². The van der Waals surface area contributed by atoms with Crippen molar-refractivity contribution < 1.29 is 9.59 Å². The van der Waals surface area contributed by atoms with Crippen molar-refractivity contribution in [2.75, 3.05) is 16.0 Å². The molecule has 1 N–H and O–H groups in total. The number of hydrogen-bond acceptors (Lipinski definition) is 6. The molecule has 0 radical (unpaired) electrons. The third-order valence-corrected chi connectivity index (χ3v) is 7.32. The molecular formula is C22H23N5O2S2. The van der Waals surface area contributed by atoms with Gasteiger partial charge in [0.2, 0.25) is 11.8 Å². The molecule has 1 saturated carbocycles. The standard InChI is InChI=1S/C22H23N5O2S2/c1-14-11-20(28)23-17-6-2-3-7-18(17)26(14)21(29)13-31-22-25-24-19(27(22)15-8-9-15)12-16-5-4-10-30-16/h2-7,10,14-15H,8-9,11-13H2,1H3,(H,23,28). The minimum Gasteiger partial charge on any atom is -0.324 e. The molecule has 1 aliphatic heterocycles. The van der Waals surface area contributed by atoms with Gasteiger partial charge in [0.25, 0.3) is 0 Å². The summed E-state index contributed by atoms with van der Waals surface area (Å²) in [5, 5.41) is 14.6. The molecule has 9 heteroatoms. The average molecular weight is 454 g/mol. The zero-order chi connectivity index (χ0) is 21.4. The molecule has 5 rings (SSSR count). The molecular weight excluding hydrogens is 430 g/mol. The second-order valence-corrected chi connectivity index (χ2v) is 9.90. The summed E-state index contributed by atoms with van der Waals surface area (Å²) >= 11 is 3.15. The lowest BCUT2D eigenvalue weighted by Gasteiger charge is -2.27. The Labute approximate surface area is 188 Å². The predicted molar refractivity (Wildman–Crippen MR) is 123 cm³/mol. The molecule has 2 aliphatic rings. The Morgan fingerprint density at radius 3 is 2.84 bits per heavy atom. The van der Waals surface area contributed by atoms with E-state index in [1.807, 2.05) is 37.3 Å². The number of aromatic nitrogens is 3. The van der Waals surface area contributed by atoms with Crippen LogP contribution in [0.4, 0.5) is 11.4 Å². The lowest BCUT2D eigenvalue weighted by molar-refractivity contribution is -0.117. The molecule has 0 saturated heterocycles. The number of thiophene rings is 1. The smallest absolute Gasteiger partial charge is 0.237 e. The van der Waals surface area contributed by atoms with Gasteiger partial charge in [-0.3, -0.25) is 9.59 Å². The number of nitrogens with zero attached hydrogens (tertiary/aromatic N) is 4. The fraction of sp³-hybridized carbons (Fsp3) is 0.364. The normalized spacial score (nSPS) is 18.4. The molecule has 3 heterocycles. The van der Waals surface area contributed by atoms with E-state index in [4.69, 9.17) is 0 Å². The number of carbonyl (C=O) groups is 2. The van der Waals surface area contributed by atoms with Crippen molar-refractivity contribution in [3.63, 3.8) is 0 Å². The quantitative estimate of drug-likeness (QED) is 0.568. The van der Waals surface area contributed by atoms with E-state index in [2.05, 4.69) is 31.5 Å². The molecule has 1 aliphatic carbocycles. The number of para-hydroxylation sites is 2. The van der Waals surface area contributed by atoms with Crippen molar-refractivity contribution in [2.24, 2.45) is 0 Å². The van der Waals surface area contributed by atoms with E-state index in [0.717, 1.165) is 35.9 Å². The molecule has 160 valence electrons. The van der Waals surface area contributed by atoms with Crippen LogP contribution in [0, 0.1) is 0 Å². The Morgan fingerprint density at radius 2 is 2.06 bits per heavy atom. The first-order valence-corrected chi connectivity index (χ1v) is 12.3. The van der Waals surface area contributed by atoms with Crippen molar-refractivity contribution in [1.29, 1.82) is 0 Å². The van der Waals surface area contributed by atoms with Gasteiger partial charge in [-0.05, 0) is 43.3 Å². The largest absolute Gasteiger partial charge is 0.324 e. The highest BCUT2D eigenvalue weighted by Crippen LogP contribution is 2.39. The molecule has 0 spiro atoms. The monoisotopic (exact) mass is 453 g/mol. The first-order chi connectivity index (χ1) is 15.1. The van der Waals surface area contributed by atoms with Crippen LogP contribution in [0.25, 0.3) is 0 Å². The molecule has 1 aromatic carbocycles. The van der Waals surface area contributed by atoms with Gasteiger partial charge in [-0.1, -0.05) is 30.0 Å². The average Bonchev–Trinajstić information content (AvgIpc) is 3.33. The van der Waals surface area contributed by atoms with E-state index in [9.17, 15) is 9.59 Å². The van der Waals surface area contributed by atoms with Crippen molar-refractivity contribution in [1.82, 2.24) is 14.8 Å². The molecule has 7 nitrogen and oxygen atoms in total. The predicted octanol–water partition coefficient (Wildman–Crippen LogP) is 4.12. The van der Waals surface area contributed by atoms with Gasteiger partial charge >= 0.3 is 0 Å². The zero-order valence-corrected chi connectivity index (χ0v) is 18.8. The molecule has 31 heavy (non-hydrogen) atoms. The third-order valence-electron chi connectivity index (χ3n) is 5.51. The minimum absolute atomic E-state index is 0.0356. The van der Waals surface area contributed by atoms with Gasteiger partial charge in [0.15, 0.2) is 5.16 Å². The van der Waals surface area contributed by atoms with E-state index in [0.29, 0.717) is 11.7 Å². The summed E-state index contributed by atoms with van der Waals surface area (Å²) in [6.45, 7) is 1.91. The summed E-state index contributed by atoms with van der Waals surface area (Å²) in [6, 6.07) is 11.8. The van der Waals surface area contributed by atoms with E-state index >= 15 is 0 Å². The highest BCUT2D eigenvalue weighted by atomic mass is 32.2. The highest BCUT2D eigenvalue weighted by molar-refractivity contribution is 7.99. The second kappa shape index (κ2) is 8.47. The molecule has 1 fully saturated rings. The van der Waals surface area contributed by atoms with E-state index in [1.54, 1.807) is 16.2 Å². The SMILES string of the molecule is CC1CC(=O)Nc2ccccc2N1C(=O)CSc1nnc(Cc2cccs2)n1C1CC1. The number of hydrogen-bond donors (Lipinski definition) is 1. The first-order valence-electron chi connectivity index (χ1n) is 10.4. The van der Waals surface area contributed by atoms with Gasteiger partial charge in [0, 0.05) is 29.8 Å². The van der Waals surface area contributed by atoms with Crippen LogP contribution in [0.3, 0.4) is 0 Å². The number of thioether (sulfide) groups is 1. The van der Waals surface area contributed by atoms with Crippen molar-refractivity contribution in [2.45, 2.75) is 49.8 Å². The number of anilines is 2. The Hall–Kier alpha value is -2.65. The molecule has 2 aromatic heterocycles. The Morgan fingerprint density at radius 1 is 1.23 bits per heavy atom. The maximum absolute atomic E-state index is 13.3. The van der Waals surface area contributed by atoms with Crippen molar-refractivity contribution in [3.8, 4) is 0 Å². The number of fused-ring (bicyclic) bond motifs is 1. The lowest BCUT2D eigenvalue weighted by Crippen LogP contribution is -2.40. The summed E-state index contributed by atoms with van der Waals surface area (Å²) in [7, 11) is 0. The number of carbonyl (C=O) groups excluding carboxylic acids is 2. The molecule has 1 unspecified atom stereocenters. The number of benzene rings is 1. The van der Waals surface area contributed by atoms with E-state index in [-0.39, 0.29) is 30.0 Å². The summed E-state index contributed by atoms with van der Waals surface area (Å²) in [5.74, 6) is 1.10. The van der Waals surface area contributed by atoms with Gasteiger partial charge in [-0.15, -0.1) is 21.5 Å². The van der Waals surface area contributed by atoms with Crippen LogP contribution in [0.1, 0.15) is 42.9 Å². The molecule has 1 atom stereocenters. The van der Waals surface area contributed by atoms with Crippen LogP contribution in [-0.4, -0.2) is 38.4 Å². The molecule has 3 aromatic rings. The number of rotatable bonds is 6. The van der Waals surface area contributed by atoms with Gasteiger partial charge in [0.05, 0.1) is 17.1 Å². The summed E-state index contributed by atoms with van der Waals surface area (Å²) < 4.78 is 2.21. The summed E-state index contributed by atoms with van der Waals surface area (Å²) in [6.07, 6.45) is 3.29. The van der Waals surface area contributed by atoms with Crippen LogP contribution in [0.15, 0.2) is 46.9 Å². The zero-order valence-electron chi connectivity index (χ0n) is 17.2. The maximum Gasteiger partial charge on any atom is 0.237 e. The second-order valence-electron chi connectivity index (χ2n) is 7.93. The fourth-order valence-corrected chi connectivity index (χ4v) is 5.54. The van der Waals surface area contributed by atoms with Crippen molar-refractivity contribution >= 4 is 46.3 Å². The van der Waals surface area contributed by atoms with Crippen molar-refractivity contribution in [3.05, 3.63) is 52.5 Å². The topological polar surface area (TPSA) is 80.1 Å². The Balaban J connectivity index is 1.35. The van der Waals surface area contributed by atoms with E-state index in [1.165, 1.54) is 16.6 Å². The summed E-state index contributed by atoms with van der Waals surface area (Å²) in [5.41, 5.74) is 1.42. The van der Waals surface area contributed by atoms with Gasteiger partial charge in [0.1, 0.15) is 5.82 Å². The molecule has 0 bridgehead atoms. The first kappa shape index (κ1) is 20.3. The maximum atomic E-state index is 13.3. The van der Waals surface area contributed by atoms with Gasteiger partial charge in [-0.25, -0.2) is 0 Å². The van der Waals surface area contributed by atoms with Crippen LogP contribution in [0.2, 0.25) is 0 Å². The van der Waals surface area contributed by atoms with Crippen LogP contribution >= 0.6 is 23.1 Å². The molecule has 2 amide bonds. The van der Waals surface area contributed by atoms with E-state index < -0.39 is 0 Å². The van der Waals surface area contributed by atoms with Gasteiger partial charge < -0.3 is 14.8 Å². The van der Waals surface area contributed by atoms with Crippen LogP contribution in [0.5, 0.6) is 0 Å². The fourth-order valence-electron chi connectivity index (χ4n) is 3.96. The lowest BCUT2D eigenvalue weighted by atomic mass is 10.2. The minimum atomic E-state index is -0.215. The summed E-state index contributed by atoms with van der Waals surface area (Å²) in [4.78, 5) is 28.5. The number of amides is 2.